The third-order valence-electron chi connectivity index (χ3n) is 3.37. The Bertz CT molecular complexity index is 683. The summed E-state index contributed by atoms with van der Waals surface area (Å²) < 4.78 is 0. The van der Waals surface area contributed by atoms with Crippen molar-refractivity contribution in [3.63, 3.8) is 0 Å². The molecule has 1 fully saturated rings. The maximum absolute atomic E-state index is 10.9. The summed E-state index contributed by atoms with van der Waals surface area (Å²) in [5.74, 6) is 0.534. The zero-order valence-corrected chi connectivity index (χ0v) is 11.7. The Labute approximate surface area is 122 Å². The van der Waals surface area contributed by atoms with Gasteiger partial charge in [-0.25, -0.2) is 9.97 Å². The number of benzene rings is 1. The van der Waals surface area contributed by atoms with E-state index in [9.17, 15) is 10.1 Å². The molecule has 0 unspecified atom stereocenters. The van der Waals surface area contributed by atoms with Gasteiger partial charge in [-0.2, -0.15) is 0 Å². The Morgan fingerprint density at radius 3 is 2.86 bits per heavy atom. The molecule has 0 saturated heterocycles. The van der Waals surface area contributed by atoms with Crippen molar-refractivity contribution in [3.8, 4) is 11.4 Å². The molecule has 108 valence electrons. The average molecular weight is 284 g/mol. The molecule has 1 aromatic carbocycles. The van der Waals surface area contributed by atoms with Gasteiger partial charge in [-0.15, -0.1) is 0 Å². The van der Waals surface area contributed by atoms with E-state index in [0.29, 0.717) is 24.0 Å². The second kappa shape index (κ2) is 5.57. The standard InChI is InChI=1S/C15H16N4O2/c1-10-7-13(9-16-12-5-6-12)18-15(17-10)11-3-2-4-14(8-11)19(20)21/h2-4,7-8,12,16H,5-6,9H2,1H3. The lowest BCUT2D eigenvalue weighted by Gasteiger charge is -2.07. The maximum Gasteiger partial charge on any atom is 0.270 e. The van der Waals surface area contributed by atoms with Crippen LogP contribution in [0, 0.1) is 17.0 Å². The van der Waals surface area contributed by atoms with Crippen molar-refractivity contribution in [1.82, 2.24) is 15.3 Å². The van der Waals surface area contributed by atoms with Crippen LogP contribution >= 0.6 is 0 Å². The van der Waals surface area contributed by atoms with Crippen LogP contribution in [0.3, 0.4) is 0 Å². The molecule has 3 rings (SSSR count). The zero-order valence-electron chi connectivity index (χ0n) is 11.7. The van der Waals surface area contributed by atoms with Crippen molar-refractivity contribution in [3.05, 3.63) is 51.8 Å². The van der Waals surface area contributed by atoms with E-state index >= 15 is 0 Å². The van der Waals surface area contributed by atoms with E-state index in [-0.39, 0.29) is 5.69 Å². The second-order valence-electron chi connectivity index (χ2n) is 5.29. The second-order valence-corrected chi connectivity index (χ2v) is 5.29. The monoisotopic (exact) mass is 284 g/mol. The number of hydrogen-bond donors (Lipinski definition) is 1. The first-order valence-electron chi connectivity index (χ1n) is 6.94. The number of rotatable bonds is 5. The summed E-state index contributed by atoms with van der Waals surface area (Å²) in [7, 11) is 0. The molecular weight excluding hydrogens is 268 g/mol. The Morgan fingerprint density at radius 2 is 2.14 bits per heavy atom. The third-order valence-corrected chi connectivity index (χ3v) is 3.37. The fraction of sp³-hybridized carbons (Fsp3) is 0.333. The number of nitro groups is 1. The largest absolute Gasteiger partial charge is 0.308 e. The van der Waals surface area contributed by atoms with E-state index in [1.165, 1.54) is 25.0 Å². The summed E-state index contributed by atoms with van der Waals surface area (Å²) in [6.07, 6.45) is 2.45. The van der Waals surface area contributed by atoms with Crippen molar-refractivity contribution in [2.45, 2.75) is 32.4 Å². The number of hydrogen-bond acceptors (Lipinski definition) is 5. The molecule has 1 aliphatic rings. The van der Waals surface area contributed by atoms with E-state index in [1.54, 1.807) is 12.1 Å². The predicted octanol–water partition coefficient (Wildman–Crippen LogP) is 2.61. The normalized spacial score (nSPS) is 14.1. The molecule has 0 aliphatic heterocycles. The lowest BCUT2D eigenvalue weighted by molar-refractivity contribution is -0.384. The molecule has 6 nitrogen and oxygen atoms in total. The highest BCUT2D eigenvalue weighted by atomic mass is 16.6. The van der Waals surface area contributed by atoms with Crippen molar-refractivity contribution in [2.24, 2.45) is 0 Å². The van der Waals surface area contributed by atoms with E-state index in [1.807, 2.05) is 13.0 Å². The van der Waals surface area contributed by atoms with Crippen LogP contribution in [0.5, 0.6) is 0 Å². The first-order chi connectivity index (χ1) is 10.1. The molecule has 0 atom stereocenters. The van der Waals surface area contributed by atoms with Gasteiger partial charge in [0, 0.05) is 36.0 Å². The van der Waals surface area contributed by atoms with Crippen molar-refractivity contribution in [2.75, 3.05) is 0 Å². The summed E-state index contributed by atoms with van der Waals surface area (Å²) >= 11 is 0. The highest BCUT2D eigenvalue weighted by Crippen LogP contribution is 2.22. The van der Waals surface area contributed by atoms with Gasteiger partial charge in [-0.1, -0.05) is 12.1 Å². The number of non-ortho nitro benzene ring substituents is 1. The van der Waals surface area contributed by atoms with Gasteiger partial charge in [0.1, 0.15) is 0 Å². The summed E-state index contributed by atoms with van der Waals surface area (Å²) in [5, 5.41) is 14.3. The first kappa shape index (κ1) is 13.6. The Morgan fingerprint density at radius 1 is 1.33 bits per heavy atom. The van der Waals surface area contributed by atoms with E-state index in [0.717, 1.165) is 11.4 Å². The van der Waals surface area contributed by atoms with Crippen LogP contribution in [-0.2, 0) is 6.54 Å². The minimum atomic E-state index is -0.408. The van der Waals surface area contributed by atoms with Gasteiger partial charge in [-0.05, 0) is 25.8 Å². The Hall–Kier alpha value is -2.34. The minimum Gasteiger partial charge on any atom is -0.308 e. The van der Waals surface area contributed by atoms with E-state index in [2.05, 4.69) is 15.3 Å². The van der Waals surface area contributed by atoms with Gasteiger partial charge >= 0.3 is 0 Å². The molecule has 1 saturated carbocycles. The first-order valence-corrected chi connectivity index (χ1v) is 6.94. The minimum absolute atomic E-state index is 0.0512. The van der Waals surface area contributed by atoms with Crippen LogP contribution in [-0.4, -0.2) is 20.9 Å². The molecule has 0 radical (unpaired) electrons. The van der Waals surface area contributed by atoms with Crippen LogP contribution in [0.25, 0.3) is 11.4 Å². The van der Waals surface area contributed by atoms with Gasteiger partial charge < -0.3 is 5.32 Å². The lowest BCUT2D eigenvalue weighted by atomic mass is 10.2. The van der Waals surface area contributed by atoms with Gasteiger partial charge in [0.05, 0.1) is 10.6 Å². The van der Waals surface area contributed by atoms with E-state index in [4.69, 9.17) is 0 Å². The van der Waals surface area contributed by atoms with Gasteiger partial charge in [0.25, 0.3) is 5.69 Å². The molecule has 6 heteroatoms. The van der Waals surface area contributed by atoms with Gasteiger partial charge in [0.15, 0.2) is 5.82 Å². The molecule has 21 heavy (non-hydrogen) atoms. The topological polar surface area (TPSA) is 81.0 Å². The van der Waals surface area contributed by atoms with Crippen molar-refractivity contribution < 1.29 is 4.92 Å². The van der Waals surface area contributed by atoms with Crippen LogP contribution in [0.4, 0.5) is 5.69 Å². The number of aryl methyl sites for hydroxylation is 1. The van der Waals surface area contributed by atoms with E-state index < -0.39 is 4.92 Å². The molecule has 0 spiro atoms. The molecule has 1 N–H and O–H groups in total. The molecular formula is C15H16N4O2. The van der Waals surface area contributed by atoms with Gasteiger partial charge in [0.2, 0.25) is 0 Å². The molecule has 0 bridgehead atoms. The smallest absolute Gasteiger partial charge is 0.270 e. The summed E-state index contributed by atoms with van der Waals surface area (Å²) in [4.78, 5) is 19.3. The zero-order chi connectivity index (χ0) is 14.8. The summed E-state index contributed by atoms with van der Waals surface area (Å²) in [6.45, 7) is 2.61. The summed E-state index contributed by atoms with van der Waals surface area (Å²) in [6, 6.07) is 8.97. The van der Waals surface area contributed by atoms with Crippen LogP contribution in [0.2, 0.25) is 0 Å². The Balaban J connectivity index is 1.89. The number of nitro benzene ring substituents is 1. The van der Waals surface area contributed by atoms with Crippen molar-refractivity contribution >= 4 is 5.69 Å². The fourth-order valence-electron chi connectivity index (χ4n) is 2.15. The van der Waals surface area contributed by atoms with Crippen LogP contribution < -0.4 is 5.32 Å². The predicted molar refractivity (Wildman–Crippen MR) is 78.7 cm³/mol. The fourth-order valence-corrected chi connectivity index (χ4v) is 2.15. The molecule has 2 aromatic rings. The van der Waals surface area contributed by atoms with Gasteiger partial charge in [-0.3, -0.25) is 10.1 Å². The molecule has 1 heterocycles. The summed E-state index contributed by atoms with van der Waals surface area (Å²) in [5.41, 5.74) is 2.49. The average Bonchev–Trinajstić information content (AvgIpc) is 3.29. The highest BCUT2D eigenvalue weighted by molar-refractivity contribution is 5.59. The lowest BCUT2D eigenvalue weighted by Crippen LogP contribution is -2.16. The number of aromatic nitrogens is 2. The SMILES string of the molecule is Cc1cc(CNC2CC2)nc(-c2cccc([N+](=O)[O-])c2)n1. The maximum atomic E-state index is 10.9. The third kappa shape index (κ3) is 3.41. The molecule has 0 amide bonds. The quantitative estimate of drug-likeness (QED) is 0.674. The number of nitrogens with one attached hydrogen (secondary N) is 1. The number of nitrogens with zero attached hydrogens (tertiary/aromatic N) is 3. The Kier molecular flexibility index (Phi) is 3.62. The highest BCUT2D eigenvalue weighted by Gasteiger charge is 2.20. The van der Waals surface area contributed by atoms with Crippen LogP contribution in [0.1, 0.15) is 24.2 Å². The molecule has 1 aromatic heterocycles. The molecule has 1 aliphatic carbocycles. The van der Waals surface area contributed by atoms with Crippen LogP contribution in [0.15, 0.2) is 30.3 Å². The van der Waals surface area contributed by atoms with Crippen molar-refractivity contribution in [1.29, 1.82) is 0 Å².